The van der Waals surface area contributed by atoms with Crippen LogP contribution in [0.15, 0.2) is 36.5 Å². The van der Waals surface area contributed by atoms with E-state index in [-0.39, 0.29) is 18.5 Å². The molecule has 0 aliphatic carbocycles. The zero-order valence-electron chi connectivity index (χ0n) is 44.7. The number of esters is 2. The molecular weight excluding hydrogens is 813 g/mol. The molecule has 0 aliphatic rings. The Hall–Kier alpha value is -1.88. The maximum Gasteiger partial charge on any atom is 0.306 e. The van der Waals surface area contributed by atoms with Crippen molar-refractivity contribution >= 4 is 11.9 Å². The molecule has 0 aromatic carbocycles. The molecule has 1 unspecified atom stereocenters. The standard InChI is InChI=1S/C61H114O5/c1-4-7-10-13-16-19-22-25-28-30-32-35-38-41-44-47-50-53-56-64-57-59(66-61(63)55-52-49-46-43-40-37-33-27-24-21-18-15-12-9-6-3)58-65-60(62)54-51-48-45-42-39-36-34-31-29-26-23-20-17-14-11-8-5-2/h8,11,17,20,26,29,59H,4-7,9-10,12-16,18-19,21-25,27-28,30-58H2,1-3H3/b11-8-,20-17-,29-26-. The van der Waals surface area contributed by atoms with E-state index in [2.05, 4.69) is 57.2 Å². The molecular formula is C61H114O5. The van der Waals surface area contributed by atoms with Gasteiger partial charge in [0.15, 0.2) is 6.10 Å². The first kappa shape index (κ1) is 64.1. The van der Waals surface area contributed by atoms with Crippen LogP contribution < -0.4 is 0 Å². The van der Waals surface area contributed by atoms with E-state index < -0.39 is 6.10 Å². The first-order chi connectivity index (χ1) is 32.6. The number of carbonyl (C=O) groups is 2. The summed E-state index contributed by atoms with van der Waals surface area (Å²) in [4.78, 5) is 25.5. The van der Waals surface area contributed by atoms with Crippen molar-refractivity contribution in [3.05, 3.63) is 36.5 Å². The summed E-state index contributed by atoms with van der Waals surface area (Å²) in [6.07, 6.45) is 70.2. The highest BCUT2D eigenvalue weighted by atomic mass is 16.6. The van der Waals surface area contributed by atoms with Gasteiger partial charge in [0.1, 0.15) is 6.61 Å². The van der Waals surface area contributed by atoms with E-state index in [0.717, 1.165) is 64.2 Å². The Morgan fingerprint density at radius 2 is 0.682 bits per heavy atom. The number of carbonyl (C=O) groups excluding carboxylic acids is 2. The van der Waals surface area contributed by atoms with Crippen molar-refractivity contribution in [3.8, 4) is 0 Å². The van der Waals surface area contributed by atoms with Crippen LogP contribution in [0.25, 0.3) is 0 Å². The lowest BCUT2D eigenvalue weighted by atomic mass is 10.0. The van der Waals surface area contributed by atoms with Gasteiger partial charge in [-0.2, -0.15) is 0 Å². The Bertz CT molecular complexity index is 1050. The second-order valence-electron chi connectivity index (χ2n) is 19.9. The molecule has 5 heteroatoms. The largest absolute Gasteiger partial charge is 0.462 e. The number of hydrogen-bond donors (Lipinski definition) is 0. The van der Waals surface area contributed by atoms with Gasteiger partial charge in [-0.25, -0.2) is 0 Å². The predicted octanol–water partition coefficient (Wildman–Crippen LogP) is 20.1. The van der Waals surface area contributed by atoms with Gasteiger partial charge in [-0.15, -0.1) is 0 Å². The van der Waals surface area contributed by atoms with Gasteiger partial charge >= 0.3 is 11.9 Å². The number of allylic oxidation sites excluding steroid dienone is 6. The molecule has 0 amide bonds. The first-order valence-electron chi connectivity index (χ1n) is 29.5. The zero-order chi connectivity index (χ0) is 47.7. The van der Waals surface area contributed by atoms with Crippen LogP contribution in [0.2, 0.25) is 0 Å². The molecule has 0 rings (SSSR count). The van der Waals surface area contributed by atoms with Crippen LogP contribution in [0.3, 0.4) is 0 Å². The number of unbranched alkanes of at least 4 members (excludes halogenated alkanes) is 38. The highest BCUT2D eigenvalue weighted by molar-refractivity contribution is 5.70. The molecule has 0 aromatic rings. The summed E-state index contributed by atoms with van der Waals surface area (Å²) in [5.41, 5.74) is 0. The second kappa shape index (κ2) is 57.4. The van der Waals surface area contributed by atoms with Crippen LogP contribution in [-0.2, 0) is 23.8 Å². The topological polar surface area (TPSA) is 61.8 Å². The van der Waals surface area contributed by atoms with Gasteiger partial charge in [0.25, 0.3) is 0 Å². The van der Waals surface area contributed by atoms with Crippen molar-refractivity contribution in [2.24, 2.45) is 0 Å². The van der Waals surface area contributed by atoms with Crippen LogP contribution in [-0.4, -0.2) is 37.9 Å². The molecule has 0 aliphatic heterocycles. The SMILES string of the molecule is CC/C=C\C/C=C\C/C=C\CCCCCCCCCC(=O)OCC(COCCCCCCCCCCCCCCCCCCCC)OC(=O)CCCCCCCCCCCCCCCCC. The number of rotatable bonds is 55. The Morgan fingerprint density at radius 3 is 1.09 bits per heavy atom. The van der Waals surface area contributed by atoms with Gasteiger partial charge in [0.2, 0.25) is 0 Å². The molecule has 5 nitrogen and oxygen atoms in total. The van der Waals surface area contributed by atoms with Crippen molar-refractivity contribution in [2.45, 2.75) is 322 Å². The fourth-order valence-corrected chi connectivity index (χ4v) is 8.82. The summed E-state index contributed by atoms with van der Waals surface area (Å²) in [6, 6.07) is 0. The Morgan fingerprint density at radius 1 is 0.348 bits per heavy atom. The van der Waals surface area contributed by atoms with Crippen LogP contribution in [0.5, 0.6) is 0 Å². The summed E-state index contributed by atoms with van der Waals surface area (Å²) in [5.74, 6) is -0.386. The first-order valence-corrected chi connectivity index (χ1v) is 29.5. The molecule has 0 aromatic heterocycles. The molecule has 0 heterocycles. The van der Waals surface area contributed by atoms with Gasteiger partial charge in [-0.1, -0.05) is 288 Å². The fraction of sp³-hybridized carbons (Fsp3) is 0.869. The lowest BCUT2D eigenvalue weighted by Crippen LogP contribution is -2.30. The average Bonchev–Trinajstić information content (AvgIpc) is 3.32. The Kier molecular flexibility index (Phi) is 55.8. The van der Waals surface area contributed by atoms with E-state index in [9.17, 15) is 9.59 Å². The van der Waals surface area contributed by atoms with Crippen LogP contribution in [0, 0.1) is 0 Å². The van der Waals surface area contributed by atoms with Gasteiger partial charge in [0, 0.05) is 19.4 Å². The second-order valence-corrected chi connectivity index (χ2v) is 19.9. The van der Waals surface area contributed by atoms with E-state index in [0.29, 0.717) is 26.1 Å². The normalized spacial score (nSPS) is 12.3. The highest BCUT2D eigenvalue weighted by Gasteiger charge is 2.17. The lowest BCUT2D eigenvalue weighted by Gasteiger charge is -2.18. The molecule has 1 atom stereocenters. The third-order valence-corrected chi connectivity index (χ3v) is 13.2. The average molecular weight is 928 g/mol. The Balaban J connectivity index is 4.23. The molecule has 0 saturated heterocycles. The summed E-state index contributed by atoms with van der Waals surface area (Å²) in [5, 5.41) is 0. The van der Waals surface area contributed by atoms with Crippen molar-refractivity contribution in [3.63, 3.8) is 0 Å². The summed E-state index contributed by atoms with van der Waals surface area (Å²) >= 11 is 0. The van der Waals surface area contributed by atoms with Crippen molar-refractivity contribution in [2.75, 3.05) is 19.8 Å². The summed E-state index contributed by atoms with van der Waals surface area (Å²) < 4.78 is 17.5. The van der Waals surface area contributed by atoms with E-state index in [1.807, 2.05) is 0 Å². The zero-order valence-corrected chi connectivity index (χ0v) is 44.7. The molecule has 0 spiro atoms. The van der Waals surface area contributed by atoms with Gasteiger partial charge in [-0.3, -0.25) is 9.59 Å². The summed E-state index contributed by atoms with van der Waals surface area (Å²) in [7, 11) is 0. The maximum absolute atomic E-state index is 12.9. The van der Waals surface area contributed by atoms with Crippen molar-refractivity contribution in [1.82, 2.24) is 0 Å². The quantitative estimate of drug-likeness (QED) is 0.0345. The monoisotopic (exact) mass is 927 g/mol. The molecule has 388 valence electrons. The fourth-order valence-electron chi connectivity index (χ4n) is 8.82. The minimum Gasteiger partial charge on any atom is -0.462 e. The van der Waals surface area contributed by atoms with E-state index in [1.54, 1.807) is 0 Å². The van der Waals surface area contributed by atoms with E-state index in [1.165, 1.54) is 218 Å². The minimum absolute atomic E-state index is 0.0869. The number of ether oxygens (including phenoxy) is 3. The smallest absolute Gasteiger partial charge is 0.306 e. The lowest BCUT2D eigenvalue weighted by molar-refractivity contribution is -0.163. The molecule has 0 N–H and O–H groups in total. The van der Waals surface area contributed by atoms with Gasteiger partial charge < -0.3 is 14.2 Å². The molecule has 0 saturated carbocycles. The third kappa shape index (κ3) is 54.7. The van der Waals surface area contributed by atoms with Crippen LogP contribution >= 0.6 is 0 Å². The van der Waals surface area contributed by atoms with Gasteiger partial charge in [0.05, 0.1) is 6.61 Å². The van der Waals surface area contributed by atoms with Crippen molar-refractivity contribution < 1.29 is 23.8 Å². The van der Waals surface area contributed by atoms with E-state index in [4.69, 9.17) is 14.2 Å². The van der Waals surface area contributed by atoms with E-state index >= 15 is 0 Å². The van der Waals surface area contributed by atoms with Crippen LogP contribution in [0.1, 0.15) is 316 Å². The third-order valence-electron chi connectivity index (χ3n) is 13.2. The Labute approximate surface area is 412 Å². The van der Waals surface area contributed by atoms with Crippen LogP contribution in [0.4, 0.5) is 0 Å². The molecule has 0 fully saturated rings. The molecule has 0 bridgehead atoms. The van der Waals surface area contributed by atoms with Crippen molar-refractivity contribution in [1.29, 1.82) is 0 Å². The van der Waals surface area contributed by atoms with Gasteiger partial charge in [-0.05, 0) is 51.4 Å². The highest BCUT2D eigenvalue weighted by Crippen LogP contribution is 2.17. The molecule has 66 heavy (non-hydrogen) atoms. The maximum atomic E-state index is 12.9. The predicted molar refractivity (Wildman–Crippen MR) is 288 cm³/mol. The summed E-state index contributed by atoms with van der Waals surface area (Å²) in [6.45, 7) is 7.78. The number of hydrogen-bond acceptors (Lipinski definition) is 5. The minimum atomic E-state index is -0.535. The molecule has 0 radical (unpaired) electrons.